The van der Waals surface area contributed by atoms with Gasteiger partial charge in [0.05, 0.1) is 7.11 Å². The number of rotatable bonds is 6. The van der Waals surface area contributed by atoms with Crippen molar-refractivity contribution >= 4 is 5.69 Å². The van der Waals surface area contributed by atoms with Gasteiger partial charge in [0.15, 0.2) is 0 Å². The van der Waals surface area contributed by atoms with Gasteiger partial charge < -0.3 is 14.7 Å². The third-order valence-electron chi connectivity index (χ3n) is 2.44. The van der Waals surface area contributed by atoms with E-state index in [0.29, 0.717) is 11.9 Å². The molecule has 1 rings (SSSR count). The van der Waals surface area contributed by atoms with Crippen molar-refractivity contribution in [1.29, 1.82) is 0 Å². The van der Waals surface area contributed by atoms with E-state index in [9.17, 15) is 0 Å². The average molecular weight is 224 g/mol. The molecule has 0 amide bonds. The maximum atomic E-state index is 8.88. The van der Waals surface area contributed by atoms with Gasteiger partial charge >= 0.3 is 0 Å². The minimum atomic E-state index is 0.214. The summed E-state index contributed by atoms with van der Waals surface area (Å²) in [4.78, 5) is 6.30. The third kappa shape index (κ3) is 3.38. The van der Waals surface area contributed by atoms with Crippen molar-refractivity contribution in [3.8, 4) is 5.88 Å². The highest BCUT2D eigenvalue weighted by Gasteiger charge is 2.10. The van der Waals surface area contributed by atoms with E-state index >= 15 is 0 Å². The van der Waals surface area contributed by atoms with E-state index in [2.05, 4.69) is 23.7 Å². The molecule has 0 aliphatic heterocycles. The summed E-state index contributed by atoms with van der Waals surface area (Å²) >= 11 is 0. The predicted molar refractivity (Wildman–Crippen MR) is 65.0 cm³/mol. The van der Waals surface area contributed by atoms with Gasteiger partial charge in [-0.15, -0.1) is 0 Å². The number of hydrogen-bond acceptors (Lipinski definition) is 4. The largest absolute Gasteiger partial charge is 0.481 e. The number of pyridine rings is 1. The van der Waals surface area contributed by atoms with Crippen LogP contribution in [0.5, 0.6) is 5.88 Å². The number of hydrogen-bond donors (Lipinski definition) is 1. The van der Waals surface area contributed by atoms with Crippen molar-refractivity contribution in [1.82, 2.24) is 4.98 Å². The molecule has 1 aromatic heterocycles. The van der Waals surface area contributed by atoms with E-state index in [1.807, 2.05) is 12.1 Å². The Kier molecular flexibility index (Phi) is 5.05. The highest BCUT2D eigenvalue weighted by atomic mass is 16.5. The average Bonchev–Trinajstić information content (AvgIpc) is 2.29. The molecule has 0 radical (unpaired) electrons. The molecule has 0 fully saturated rings. The molecular formula is C12H20N2O2. The maximum absolute atomic E-state index is 8.88. The van der Waals surface area contributed by atoms with Crippen molar-refractivity contribution in [2.75, 3.05) is 25.2 Å². The highest BCUT2D eigenvalue weighted by molar-refractivity contribution is 5.48. The lowest BCUT2D eigenvalue weighted by atomic mass is 10.2. The zero-order chi connectivity index (χ0) is 12.0. The summed E-state index contributed by atoms with van der Waals surface area (Å²) < 4.78 is 5.10. The van der Waals surface area contributed by atoms with Crippen LogP contribution in [0.1, 0.15) is 20.3 Å². The first-order valence-electron chi connectivity index (χ1n) is 5.56. The first kappa shape index (κ1) is 12.8. The van der Waals surface area contributed by atoms with Crippen LogP contribution in [0.2, 0.25) is 0 Å². The summed E-state index contributed by atoms with van der Waals surface area (Å²) in [6.07, 6.45) is 2.51. The fraction of sp³-hybridized carbons (Fsp3) is 0.583. The van der Waals surface area contributed by atoms with Crippen molar-refractivity contribution in [2.45, 2.75) is 26.3 Å². The van der Waals surface area contributed by atoms with Crippen LogP contribution < -0.4 is 9.64 Å². The quantitative estimate of drug-likeness (QED) is 0.798. The second-order valence-corrected chi connectivity index (χ2v) is 3.92. The van der Waals surface area contributed by atoms with Gasteiger partial charge in [-0.2, -0.15) is 0 Å². The lowest BCUT2D eigenvalue weighted by Gasteiger charge is -2.28. The molecule has 0 spiro atoms. The SMILES string of the molecule is COc1cc(N(CCCO)C(C)C)ccn1. The summed E-state index contributed by atoms with van der Waals surface area (Å²) in [6.45, 7) is 5.31. The van der Waals surface area contributed by atoms with Gasteiger partial charge in [-0.3, -0.25) is 0 Å². The summed E-state index contributed by atoms with van der Waals surface area (Å²) in [5, 5.41) is 8.88. The van der Waals surface area contributed by atoms with E-state index in [4.69, 9.17) is 9.84 Å². The van der Waals surface area contributed by atoms with Gasteiger partial charge in [-0.1, -0.05) is 0 Å². The first-order chi connectivity index (χ1) is 7.69. The second kappa shape index (κ2) is 6.33. The minimum absolute atomic E-state index is 0.214. The molecule has 90 valence electrons. The Bertz CT molecular complexity index is 316. The van der Waals surface area contributed by atoms with Gasteiger partial charge in [0, 0.05) is 37.1 Å². The van der Waals surface area contributed by atoms with Gasteiger partial charge in [-0.25, -0.2) is 4.98 Å². The van der Waals surface area contributed by atoms with Crippen LogP contribution in [-0.2, 0) is 0 Å². The topological polar surface area (TPSA) is 45.6 Å². The monoisotopic (exact) mass is 224 g/mol. The molecule has 4 heteroatoms. The smallest absolute Gasteiger partial charge is 0.214 e. The van der Waals surface area contributed by atoms with Gasteiger partial charge in [0.25, 0.3) is 0 Å². The molecule has 0 aliphatic carbocycles. The predicted octanol–water partition coefficient (Wildman–Crippen LogP) is 1.69. The summed E-state index contributed by atoms with van der Waals surface area (Å²) in [5.74, 6) is 0.618. The fourth-order valence-electron chi connectivity index (χ4n) is 1.62. The molecule has 1 heterocycles. The van der Waals surface area contributed by atoms with E-state index in [-0.39, 0.29) is 6.61 Å². The lowest BCUT2D eigenvalue weighted by Crippen LogP contribution is -2.32. The van der Waals surface area contributed by atoms with E-state index < -0.39 is 0 Å². The normalized spacial score (nSPS) is 10.6. The van der Waals surface area contributed by atoms with E-state index in [1.165, 1.54) is 0 Å². The Hall–Kier alpha value is -1.29. The Morgan fingerprint density at radius 3 is 2.81 bits per heavy atom. The summed E-state index contributed by atoms with van der Waals surface area (Å²) in [6, 6.07) is 4.26. The number of aliphatic hydroxyl groups excluding tert-OH is 1. The zero-order valence-corrected chi connectivity index (χ0v) is 10.2. The highest BCUT2D eigenvalue weighted by Crippen LogP contribution is 2.20. The van der Waals surface area contributed by atoms with E-state index in [1.54, 1.807) is 13.3 Å². The Morgan fingerprint density at radius 1 is 1.50 bits per heavy atom. The Balaban J connectivity index is 2.82. The van der Waals surface area contributed by atoms with Crippen LogP contribution in [0.3, 0.4) is 0 Å². The Morgan fingerprint density at radius 2 is 2.25 bits per heavy atom. The molecule has 0 bridgehead atoms. The summed E-state index contributed by atoms with van der Waals surface area (Å²) in [5.41, 5.74) is 1.08. The third-order valence-corrected chi connectivity index (χ3v) is 2.44. The molecular weight excluding hydrogens is 204 g/mol. The van der Waals surface area contributed by atoms with Gasteiger partial charge in [-0.05, 0) is 26.3 Å². The van der Waals surface area contributed by atoms with Crippen LogP contribution in [0.15, 0.2) is 18.3 Å². The Labute approximate surface area is 96.9 Å². The molecule has 1 N–H and O–H groups in total. The maximum Gasteiger partial charge on any atom is 0.214 e. The molecule has 0 saturated carbocycles. The fourth-order valence-corrected chi connectivity index (χ4v) is 1.62. The van der Waals surface area contributed by atoms with Crippen molar-refractivity contribution in [2.24, 2.45) is 0 Å². The van der Waals surface area contributed by atoms with Crippen molar-refractivity contribution in [3.05, 3.63) is 18.3 Å². The number of ether oxygens (including phenoxy) is 1. The van der Waals surface area contributed by atoms with E-state index in [0.717, 1.165) is 18.7 Å². The molecule has 0 saturated heterocycles. The molecule has 0 atom stereocenters. The number of anilines is 1. The molecule has 4 nitrogen and oxygen atoms in total. The summed E-state index contributed by atoms with van der Waals surface area (Å²) in [7, 11) is 1.61. The number of methoxy groups -OCH3 is 1. The number of aromatic nitrogens is 1. The number of aliphatic hydroxyl groups is 1. The van der Waals surface area contributed by atoms with Crippen LogP contribution in [0.25, 0.3) is 0 Å². The van der Waals surface area contributed by atoms with Crippen LogP contribution in [0, 0.1) is 0 Å². The van der Waals surface area contributed by atoms with Crippen molar-refractivity contribution < 1.29 is 9.84 Å². The molecule has 0 unspecified atom stereocenters. The zero-order valence-electron chi connectivity index (χ0n) is 10.2. The van der Waals surface area contributed by atoms with Gasteiger partial charge in [0.1, 0.15) is 0 Å². The van der Waals surface area contributed by atoms with Crippen LogP contribution in [0.4, 0.5) is 5.69 Å². The lowest BCUT2D eigenvalue weighted by molar-refractivity contribution is 0.288. The van der Waals surface area contributed by atoms with Crippen LogP contribution >= 0.6 is 0 Å². The molecule has 0 aliphatic rings. The van der Waals surface area contributed by atoms with Gasteiger partial charge in [0.2, 0.25) is 5.88 Å². The molecule has 0 aromatic carbocycles. The second-order valence-electron chi connectivity index (χ2n) is 3.92. The standard InChI is InChI=1S/C12H20N2O2/c1-10(2)14(7-4-8-15)11-5-6-13-12(9-11)16-3/h5-6,9-10,15H,4,7-8H2,1-3H3. The molecule has 1 aromatic rings. The molecule has 16 heavy (non-hydrogen) atoms. The van der Waals surface area contributed by atoms with Crippen molar-refractivity contribution in [3.63, 3.8) is 0 Å². The number of nitrogens with zero attached hydrogens (tertiary/aromatic N) is 2. The minimum Gasteiger partial charge on any atom is -0.481 e. The first-order valence-corrected chi connectivity index (χ1v) is 5.56. The van der Waals surface area contributed by atoms with Crippen LogP contribution in [-0.4, -0.2) is 36.4 Å².